The lowest BCUT2D eigenvalue weighted by Crippen LogP contribution is -2.42. The zero-order chi connectivity index (χ0) is 18.1. The summed E-state index contributed by atoms with van der Waals surface area (Å²) in [5.74, 6) is -0.819. The van der Waals surface area contributed by atoms with Crippen LogP contribution in [-0.4, -0.2) is 25.1 Å². The highest BCUT2D eigenvalue weighted by atomic mass is 16.7. The molecule has 0 N–H and O–H groups in total. The molecule has 0 bridgehead atoms. The van der Waals surface area contributed by atoms with E-state index in [9.17, 15) is 4.79 Å². The number of carbonyl (C=O) groups excluding carboxylic acids is 1. The lowest BCUT2D eigenvalue weighted by Gasteiger charge is -2.40. The second-order valence-electron chi connectivity index (χ2n) is 7.28. The van der Waals surface area contributed by atoms with Crippen LogP contribution in [0.25, 0.3) is 10.8 Å². The molecule has 0 radical (unpaired) electrons. The lowest BCUT2D eigenvalue weighted by atomic mass is 9.93. The van der Waals surface area contributed by atoms with Crippen molar-refractivity contribution in [1.82, 2.24) is 0 Å². The number of ether oxygens (including phenoxy) is 3. The van der Waals surface area contributed by atoms with E-state index in [1.165, 1.54) is 0 Å². The van der Waals surface area contributed by atoms with Crippen LogP contribution in [0.2, 0.25) is 0 Å². The Hall–Kier alpha value is -2.17. The highest BCUT2D eigenvalue weighted by Crippen LogP contribution is 2.40. The van der Waals surface area contributed by atoms with Gasteiger partial charge in [0.2, 0.25) is 5.79 Å². The first kappa shape index (κ1) is 17.6. The SMILES string of the molecule is CO[C@]1(c2ccc3ccccc3c2)C[C@@H](OC(C)(C)C)C=C(C=O)O1. The standard InChI is InChI=1S/C21H24O4/c1-20(2,3)24-18-12-19(14-22)25-21(13-18,23-4)17-10-9-15-7-5-6-8-16(15)11-17/h5-12,14,18H,13H2,1-4H3/t18-,21+/m0/s1. The second-order valence-corrected chi connectivity index (χ2v) is 7.28. The maximum Gasteiger partial charge on any atom is 0.240 e. The molecule has 0 spiro atoms. The van der Waals surface area contributed by atoms with E-state index in [-0.39, 0.29) is 17.5 Å². The average Bonchev–Trinajstić information content (AvgIpc) is 2.59. The third-order valence-corrected chi connectivity index (χ3v) is 4.24. The van der Waals surface area contributed by atoms with Crippen molar-refractivity contribution in [3.63, 3.8) is 0 Å². The van der Waals surface area contributed by atoms with Crippen molar-refractivity contribution in [2.45, 2.75) is 44.7 Å². The number of benzene rings is 2. The van der Waals surface area contributed by atoms with Gasteiger partial charge in [0.15, 0.2) is 12.0 Å². The Kier molecular flexibility index (Phi) is 4.67. The number of carbonyl (C=O) groups is 1. The molecule has 0 aliphatic carbocycles. The summed E-state index contributed by atoms with van der Waals surface area (Å²) in [4.78, 5) is 11.4. The quantitative estimate of drug-likeness (QED) is 0.777. The van der Waals surface area contributed by atoms with E-state index in [4.69, 9.17) is 14.2 Å². The summed E-state index contributed by atoms with van der Waals surface area (Å²) in [6, 6.07) is 14.2. The molecule has 1 aliphatic heterocycles. The fourth-order valence-electron chi connectivity index (χ4n) is 3.21. The molecule has 4 heteroatoms. The Morgan fingerprint density at radius 2 is 1.88 bits per heavy atom. The van der Waals surface area contributed by atoms with E-state index in [1.807, 2.05) is 57.2 Å². The number of aldehydes is 1. The van der Waals surface area contributed by atoms with Gasteiger partial charge in [-0.05, 0) is 43.7 Å². The Morgan fingerprint density at radius 1 is 1.16 bits per heavy atom. The zero-order valence-electron chi connectivity index (χ0n) is 15.1. The van der Waals surface area contributed by atoms with E-state index in [2.05, 4.69) is 6.07 Å². The summed E-state index contributed by atoms with van der Waals surface area (Å²) in [5, 5.41) is 2.23. The molecule has 2 aromatic carbocycles. The third-order valence-electron chi connectivity index (χ3n) is 4.24. The molecule has 1 aliphatic rings. The Balaban J connectivity index is 2.02. The van der Waals surface area contributed by atoms with Gasteiger partial charge in [-0.3, -0.25) is 4.79 Å². The molecule has 1 heterocycles. The summed E-state index contributed by atoms with van der Waals surface area (Å²) in [7, 11) is 1.59. The van der Waals surface area contributed by atoms with Gasteiger partial charge in [-0.2, -0.15) is 0 Å². The molecule has 0 amide bonds. The third kappa shape index (κ3) is 3.75. The van der Waals surface area contributed by atoms with E-state index < -0.39 is 5.79 Å². The topological polar surface area (TPSA) is 44.8 Å². The maximum atomic E-state index is 11.4. The predicted molar refractivity (Wildman–Crippen MR) is 97.1 cm³/mol. The van der Waals surface area contributed by atoms with Gasteiger partial charge >= 0.3 is 0 Å². The highest BCUT2D eigenvalue weighted by molar-refractivity contribution is 5.83. The number of rotatable bonds is 4. The van der Waals surface area contributed by atoms with Crippen LogP contribution in [0.3, 0.4) is 0 Å². The minimum absolute atomic E-state index is 0.232. The van der Waals surface area contributed by atoms with E-state index in [0.717, 1.165) is 16.3 Å². The maximum absolute atomic E-state index is 11.4. The zero-order valence-corrected chi connectivity index (χ0v) is 15.1. The monoisotopic (exact) mass is 340 g/mol. The number of fused-ring (bicyclic) bond motifs is 1. The van der Waals surface area contributed by atoms with Gasteiger partial charge in [0.1, 0.15) is 0 Å². The molecule has 3 rings (SSSR count). The molecule has 0 saturated carbocycles. The van der Waals surface area contributed by atoms with Gasteiger partial charge in [-0.15, -0.1) is 0 Å². The van der Waals surface area contributed by atoms with Gasteiger partial charge < -0.3 is 14.2 Å². The van der Waals surface area contributed by atoms with Gasteiger partial charge in [0.05, 0.1) is 11.7 Å². The summed E-state index contributed by atoms with van der Waals surface area (Å²) in [5.41, 5.74) is 0.527. The smallest absolute Gasteiger partial charge is 0.240 e. The van der Waals surface area contributed by atoms with Crippen LogP contribution in [0.1, 0.15) is 32.8 Å². The number of methoxy groups -OCH3 is 1. The molecule has 0 saturated heterocycles. The van der Waals surface area contributed by atoms with Crippen molar-refractivity contribution in [2.75, 3.05) is 7.11 Å². The van der Waals surface area contributed by atoms with E-state index in [1.54, 1.807) is 13.2 Å². The molecule has 4 nitrogen and oxygen atoms in total. The Morgan fingerprint density at radius 3 is 2.52 bits per heavy atom. The van der Waals surface area contributed by atoms with Crippen molar-refractivity contribution in [3.8, 4) is 0 Å². The van der Waals surface area contributed by atoms with Crippen LogP contribution >= 0.6 is 0 Å². The first-order valence-corrected chi connectivity index (χ1v) is 8.43. The lowest BCUT2D eigenvalue weighted by molar-refractivity contribution is -0.239. The molecule has 2 atom stereocenters. The van der Waals surface area contributed by atoms with Crippen LogP contribution in [0.15, 0.2) is 54.3 Å². The van der Waals surface area contributed by atoms with Gasteiger partial charge in [-0.25, -0.2) is 0 Å². The fraction of sp³-hybridized carbons (Fsp3) is 0.381. The molecule has 132 valence electrons. The van der Waals surface area contributed by atoms with E-state index in [0.29, 0.717) is 12.7 Å². The summed E-state index contributed by atoms with van der Waals surface area (Å²) in [6.45, 7) is 5.96. The summed E-state index contributed by atoms with van der Waals surface area (Å²) < 4.78 is 17.8. The minimum Gasteiger partial charge on any atom is -0.455 e. The first-order chi connectivity index (χ1) is 11.8. The number of hydrogen-bond donors (Lipinski definition) is 0. The summed E-state index contributed by atoms with van der Waals surface area (Å²) >= 11 is 0. The van der Waals surface area contributed by atoms with Crippen LogP contribution < -0.4 is 0 Å². The molecule has 0 fully saturated rings. The predicted octanol–water partition coefficient (Wildman–Crippen LogP) is 4.33. The van der Waals surface area contributed by atoms with Crippen LogP contribution in [0.4, 0.5) is 0 Å². The minimum atomic E-state index is -1.05. The van der Waals surface area contributed by atoms with Crippen molar-refractivity contribution >= 4 is 17.1 Å². The number of allylic oxidation sites excluding steroid dienone is 1. The van der Waals surface area contributed by atoms with E-state index >= 15 is 0 Å². The van der Waals surface area contributed by atoms with Crippen LogP contribution in [0, 0.1) is 0 Å². The Bertz CT molecular complexity index is 803. The largest absolute Gasteiger partial charge is 0.455 e. The van der Waals surface area contributed by atoms with Crippen molar-refractivity contribution in [1.29, 1.82) is 0 Å². The number of hydrogen-bond acceptors (Lipinski definition) is 4. The van der Waals surface area contributed by atoms with Gasteiger partial charge in [-0.1, -0.05) is 36.4 Å². The second kappa shape index (κ2) is 6.62. The first-order valence-electron chi connectivity index (χ1n) is 8.43. The van der Waals surface area contributed by atoms with Crippen LogP contribution in [0.5, 0.6) is 0 Å². The molecular weight excluding hydrogens is 316 g/mol. The fourth-order valence-corrected chi connectivity index (χ4v) is 3.21. The highest BCUT2D eigenvalue weighted by Gasteiger charge is 2.42. The molecule has 25 heavy (non-hydrogen) atoms. The van der Waals surface area contributed by atoms with Gasteiger partial charge in [0.25, 0.3) is 0 Å². The van der Waals surface area contributed by atoms with Crippen LogP contribution in [-0.2, 0) is 24.8 Å². The Labute approximate surface area is 148 Å². The molecular formula is C21H24O4. The molecule has 0 aromatic heterocycles. The van der Waals surface area contributed by atoms with Crippen molar-refractivity contribution in [2.24, 2.45) is 0 Å². The van der Waals surface area contributed by atoms with Gasteiger partial charge in [0, 0.05) is 19.1 Å². The summed E-state index contributed by atoms with van der Waals surface area (Å²) in [6.07, 6.45) is 2.61. The molecule has 2 aromatic rings. The molecule has 0 unspecified atom stereocenters. The van der Waals surface area contributed by atoms with Crippen molar-refractivity contribution < 1.29 is 19.0 Å². The van der Waals surface area contributed by atoms with Crippen molar-refractivity contribution in [3.05, 3.63) is 59.9 Å². The normalized spacial score (nSPS) is 23.8. The average molecular weight is 340 g/mol.